The Morgan fingerprint density at radius 2 is 1.82 bits per heavy atom. The number of para-hydroxylation sites is 1. The third-order valence-electron chi connectivity index (χ3n) is 5.94. The van der Waals surface area contributed by atoms with Crippen LogP contribution in [0.5, 0.6) is 0 Å². The molecule has 2 aliphatic rings. The van der Waals surface area contributed by atoms with Crippen LogP contribution in [0.25, 0.3) is 0 Å². The first-order valence-electron chi connectivity index (χ1n) is 10.4. The van der Waals surface area contributed by atoms with Gasteiger partial charge in [0.1, 0.15) is 0 Å². The van der Waals surface area contributed by atoms with E-state index in [9.17, 15) is 4.79 Å². The van der Waals surface area contributed by atoms with Gasteiger partial charge in [-0.15, -0.1) is 0 Å². The zero-order valence-electron chi connectivity index (χ0n) is 16.7. The smallest absolute Gasteiger partial charge is 0.319 e. The third-order valence-corrected chi connectivity index (χ3v) is 5.94. The number of carbonyl (C=O) groups excluding carboxylic acids is 1. The minimum atomic E-state index is -0.144. The van der Waals surface area contributed by atoms with Crippen molar-refractivity contribution in [3.8, 4) is 0 Å². The monoisotopic (exact) mass is 378 g/mol. The maximum absolute atomic E-state index is 12.4. The number of benzene rings is 2. The molecule has 1 saturated heterocycles. The van der Waals surface area contributed by atoms with E-state index in [0.29, 0.717) is 6.54 Å². The summed E-state index contributed by atoms with van der Waals surface area (Å²) >= 11 is 0. The predicted molar refractivity (Wildman–Crippen MR) is 115 cm³/mol. The standard InChI is InChI=1S/C23H30N4O/c1-26-15-12-19-16-18(10-11-21(19)26)22(27-13-6-3-7-14-27)17-24-23(28)25-20-8-4-2-5-9-20/h2,4-5,8-11,16,22H,3,6-7,12-15,17H2,1H3,(H2,24,25,28). The lowest BCUT2D eigenvalue weighted by molar-refractivity contribution is 0.161. The summed E-state index contributed by atoms with van der Waals surface area (Å²) in [5.74, 6) is 0. The van der Waals surface area contributed by atoms with Gasteiger partial charge in [0, 0.05) is 31.5 Å². The summed E-state index contributed by atoms with van der Waals surface area (Å²) in [4.78, 5) is 17.3. The van der Waals surface area contributed by atoms with Gasteiger partial charge in [0.05, 0.1) is 6.04 Å². The summed E-state index contributed by atoms with van der Waals surface area (Å²) < 4.78 is 0. The van der Waals surface area contributed by atoms with Crippen molar-refractivity contribution in [3.05, 3.63) is 59.7 Å². The third kappa shape index (κ3) is 4.30. The number of piperidine rings is 1. The Bertz CT molecular complexity index is 802. The fourth-order valence-corrected chi connectivity index (χ4v) is 4.37. The quantitative estimate of drug-likeness (QED) is 0.826. The second-order valence-electron chi connectivity index (χ2n) is 7.87. The molecule has 2 aromatic carbocycles. The number of anilines is 2. The molecule has 4 rings (SSSR count). The zero-order valence-corrected chi connectivity index (χ0v) is 16.7. The van der Waals surface area contributed by atoms with Gasteiger partial charge in [-0.2, -0.15) is 0 Å². The van der Waals surface area contributed by atoms with Gasteiger partial charge in [-0.1, -0.05) is 36.8 Å². The van der Waals surface area contributed by atoms with Gasteiger partial charge in [-0.05, 0) is 61.7 Å². The molecule has 1 atom stereocenters. The van der Waals surface area contributed by atoms with Crippen LogP contribution in [0.3, 0.4) is 0 Å². The number of nitrogens with zero attached hydrogens (tertiary/aromatic N) is 2. The SMILES string of the molecule is CN1CCc2cc(C(CNC(=O)Nc3ccccc3)N3CCCCC3)ccc21. The summed E-state index contributed by atoms with van der Waals surface area (Å²) in [7, 11) is 2.16. The molecule has 2 aliphatic heterocycles. The summed E-state index contributed by atoms with van der Waals surface area (Å²) in [6, 6.07) is 16.5. The van der Waals surface area contributed by atoms with E-state index in [4.69, 9.17) is 0 Å². The van der Waals surface area contributed by atoms with Crippen molar-refractivity contribution < 1.29 is 4.79 Å². The van der Waals surface area contributed by atoms with E-state index < -0.39 is 0 Å². The van der Waals surface area contributed by atoms with Gasteiger partial charge in [0.15, 0.2) is 0 Å². The molecule has 2 aromatic rings. The normalized spacial score (nSPS) is 17.8. The van der Waals surface area contributed by atoms with Crippen LogP contribution in [0.4, 0.5) is 16.2 Å². The number of hydrogen-bond donors (Lipinski definition) is 2. The number of urea groups is 1. The molecule has 0 spiro atoms. The van der Waals surface area contributed by atoms with Crippen molar-refractivity contribution in [1.29, 1.82) is 0 Å². The fraction of sp³-hybridized carbons (Fsp3) is 0.435. The van der Waals surface area contributed by atoms with Crippen molar-refractivity contribution in [2.24, 2.45) is 0 Å². The van der Waals surface area contributed by atoms with Crippen molar-refractivity contribution in [2.75, 3.05) is 43.4 Å². The van der Waals surface area contributed by atoms with Crippen LogP contribution in [-0.4, -0.2) is 44.2 Å². The lowest BCUT2D eigenvalue weighted by Gasteiger charge is -2.35. The van der Waals surface area contributed by atoms with Gasteiger partial charge in [0.25, 0.3) is 0 Å². The van der Waals surface area contributed by atoms with Crippen LogP contribution in [0.2, 0.25) is 0 Å². The highest BCUT2D eigenvalue weighted by Gasteiger charge is 2.25. The topological polar surface area (TPSA) is 47.6 Å². The average molecular weight is 379 g/mol. The largest absolute Gasteiger partial charge is 0.374 e. The van der Waals surface area contributed by atoms with Crippen LogP contribution in [0.1, 0.15) is 36.4 Å². The number of likely N-dealkylation sites (tertiary alicyclic amines) is 1. The number of carbonyl (C=O) groups is 1. The van der Waals surface area contributed by atoms with Crippen LogP contribution in [0.15, 0.2) is 48.5 Å². The first-order valence-corrected chi connectivity index (χ1v) is 10.4. The number of nitrogens with one attached hydrogen (secondary N) is 2. The highest BCUT2D eigenvalue weighted by atomic mass is 16.2. The van der Waals surface area contributed by atoms with Gasteiger partial charge in [-0.3, -0.25) is 4.90 Å². The summed E-state index contributed by atoms with van der Waals surface area (Å²) in [5.41, 5.74) is 4.90. The fourth-order valence-electron chi connectivity index (χ4n) is 4.37. The Hall–Kier alpha value is -2.53. The predicted octanol–water partition coefficient (Wildman–Crippen LogP) is 4.03. The first kappa shape index (κ1) is 18.8. The molecule has 2 N–H and O–H groups in total. The second-order valence-corrected chi connectivity index (χ2v) is 7.87. The summed E-state index contributed by atoms with van der Waals surface area (Å²) in [5, 5.41) is 6.03. The Morgan fingerprint density at radius 1 is 1.04 bits per heavy atom. The Labute approximate surface area is 167 Å². The van der Waals surface area contributed by atoms with Crippen LogP contribution >= 0.6 is 0 Å². The highest BCUT2D eigenvalue weighted by molar-refractivity contribution is 5.89. The minimum absolute atomic E-state index is 0.144. The molecule has 5 heteroatoms. The number of hydrogen-bond acceptors (Lipinski definition) is 3. The molecule has 0 radical (unpaired) electrons. The van der Waals surface area contributed by atoms with E-state index in [2.05, 4.69) is 45.7 Å². The van der Waals surface area contributed by atoms with Crippen LogP contribution in [-0.2, 0) is 6.42 Å². The molecule has 0 aliphatic carbocycles. The first-order chi connectivity index (χ1) is 13.7. The molecule has 2 heterocycles. The molecule has 5 nitrogen and oxygen atoms in total. The highest BCUT2D eigenvalue weighted by Crippen LogP contribution is 2.32. The molecule has 0 aromatic heterocycles. The maximum Gasteiger partial charge on any atom is 0.319 e. The van der Waals surface area contributed by atoms with E-state index in [1.807, 2.05) is 30.3 Å². The van der Waals surface area contributed by atoms with Crippen molar-refractivity contribution >= 4 is 17.4 Å². The second kappa shape index (κ2) is 8.65. The molecular weight excluding hydrogens is 348 g/mol. The average Bonchev–Trinajstić information content (AvgIpc) is 3.10. The lowest BCUT2D eigenvalue weighted by atomic mass is 9.98. The molecule has 0 saturated carbocycles. The number of likely N-dealkylation sites (N-methyl/N-ethyl adjacent to an activating group) is 1. The maximum atomic E-state index is 12.4. The summed E-state index contributed by atoms with van der Waals surface area (Å²) in [6.07, 6.45) is 4.88. The van der Waals surface area contributed by atoms with Gasteiger partial charge in [-0.25, -0.2) is 4.79 Å². The molecule has 28 heavy (non-hydrogen) atoms. The molecule has 2 amide bonds. The van der Waals surface area contributed by atoms with E-state index in [-0.39, 0.29) is 12.1 Å². The number of fused-ring (bicyclic) bond motifs is 1. The molecule has 1 unspecified atom stereocenters. The Balaban J connectivity index is 1.47. The van der Waals surface area contributed by atoms with Gasteiger partial charge in [0.2, 0.25) is 0 Å². The Kier molecular flexibility index (Phi) is 5.81. The van der Waals surface area contributed by atoms with Gasteiger partial charge >= 0.3 is 6.03 Å². The molecule has 0 bridgehead atoms. The van der Waals surface area contributed by atoms with Crippen molar-refractivity contribution in [3.63, 3.8) is 0 Å². The van der Waals surface area contributed by atoms with Crippen LogP contribution < -0.4 is 15.5 Å². The zero-order chi connectivity index (χ0) is 19.3. The minimum Gasteiger partial charge on any atom is -0.374 e. The van der Waals surface area contributed by atoms with Crippen molar-refractivity contribution in [2.45, 2.75) is 31.7 Å². The number of amides is 2. The molecule has 148 valence electrons. The van der Waals surface area contributed by atoms with Crippen LogP contribution in [0, 0.1) is 0 Å². The van der Waals surface area contributed by atoms with Gasteiger partial charge < -0.3 is 15.5 Å². The lowest BCUT2D eigenvalue weighted by Crippen LogP contribution is -2.41. The van der Waals surface area contributed by atoms with E-state index in [0.717, 1.165) is 31.7 Å². The van der Waals surface area contributed by atoms with E-state index in [1.54, 1.807) is 0 Å². The number of rotatable bonds is 5. The van der Waals surface area contributed by atoms with Crippen molar-refractivity contribution in [1.82, 2.24) is 10.2 Å². The van der Waals surface area contributed by atoms with E-state index >= 15 is 0 Å². The summed E-state index contributed by atoms with van der Waals surface area (Å²) in [6.45, 7) is 3.91. The molecule has 1 fully saturated rings. The molecular formula is C23H30N4O. The Morgan fingerprint density at radius 3 is 2.61 bits per heavy atom. The van der Waals surface area contributed by atoms with E-state index in [1.165, 1.54) is 36.1 Å².